The van der Waals surface area contributed by atoms with E-state index in [1.165, 1.54) is 19.4 Å². The van der Waals surface area contributed by atoms with Gasteiger partial charge in [-0.2, -0.15) is 5.10 Å². The van der Waals surface area contributed by atoms with Crippen molar-refractivity contribution in [2.75, 3.05) is 17.7 Å². The summed E-state index contributed by atoms with van der Waals surface area (Å²) in [6, 6.07) is 19.0. The van der Waals surface area contributed by atoms with Crippen LogP contribution in [0, 0.1) is 6.92 Å². The molecule has 33 heavy (non-hydrogen) atoms. The van der Waals surface area contributed by atoms with E-state index in [0.717, 1.165) is 10.0 Å². The number of anilines is 2. The van der Waals surface area contributed by atoms with E-state index in [-0.39, 0.29) is 11.3 Å². The molecule has 0 atom stereocenters. The Labute approximate surface area is 199 Å². The van der Waals surface area contributed by atoms with Crippen molar-refractivity contribution >= 4 is 51.2 Å². The number of nitrogens with one attached hydrogen (secondary N) is 3. The van der Waals surface area contributed by atoms with Crippen molar-refractivity contribution in [3.8, 4) is 5.75 Å². The lowest BCUT2D eigenvalue weighted by Gasteiger charge is -2.11. The van der Waals surface area contributed by atoms with E-state index in [2.05, 4.69) is 37.1 Å². The van der Waals surface area contributed by atoms with Gasteiger partial charge in [-0.3, -0.25) is 14.4 Å². The maximum absolute atomic E-state index is 12.7. The maximum Gasteiger partial charge on any atom is 0.329 e. The van der Waals surface area contributed by atoms with Gasteiger partial charge in [0.15, 0.2) is 0 Å². The van der Waals surface area contributed by atoms with E-state index in [0.29, 0.717) is 17.0 Å². The molecule has 168 valence electrons. The molecule has 3 amide bonds. The van der Waals surface area contributed by atoms with Crippen LogP contribution in [0.4, 0.5) is 11.4 Å². The van der Waals surface area contributed by atoms with Crippen molar-refractivity contribution in [2.24, 2.45) is 5.10 Å². The second kappa shape index (κ2) is 11.1. The number of carbonyl (C=O) groups is 3. The smallest absolute Gasteiger partial charge is 0.329 e. The molecule has 3 rings (SSSR count). The number of para-hydroxylation sites is 1. The van der Waals surface area contributed by atoms with Crippen molar-refractivity contribution in [1.29, 1.82) is 0 Å². The topological polar surface area (TPSA) is 109 Å². The lowest BCUT2D eigenvalue weighted by atomic mass is 10.1. The average Bonchev–Trinajstić information content (AvgIpc) is 2.79. The van der Waals surface area contributed by atoms with Crippen molar-refractivity contribution in [3.05, 3.63) is 87.9 Å². The number of hydrogen-bond acceptors (Lipinski definition) is 5. The highest BCUT2D eigenvalue weighted by molar-refractivity contribution is 9.10. The number of methoxy groups -OCH3 is 1. The Bertz CT molecular complexity index is 1230. The van der Waals surface area contributed by atoms with E-state index in [1.807, 2.05) is 25.1 Å². The molecule has 0 fully saturated rings. The lowest BCUT2D eigenvalue weighted by Crippen LogP contribution is -2.33. The zero-order chi connectivity index (χ0) is 23.8. The molecule has 8 nitrogen and oxygen atoms in total. The number of aryl methyl sites for hydroxylation is 1. The Kier molecular flexibility index (Phi) is 7.93. The number of nitrogens with zero attached hydrogens (tertiary/aromatic N) is 1. The molecule has 0 radical (unpaired) electrons. The van der Waals surface area contributed by atoms with Crippen LogP contribution < -0.4 is 20.8 Å². The highest BCUT2D eigenvalue weighted by Crippen LogP contribution is 2.21. The van der Waals surface area contributed by atoms with Crippen LogP contribution in [-0.2, 0) is 9.59 Å². The van der Waals surface area contributed by atoms with Crippen LogP contribution in [0.2, 0.25) is 0 Å². The minimum atomic E-state index is -0.992. The SMILES string of the molecule is COc1ccc(Br)cc1C=NNC(=O)C(=O)Nc1ccccc1C(=O)Nc1cccc(C)c1. The molecule has 3 N–H and O–H groups in total. The van der Waals surface area contributed by atoms with E-state index in [9.17, 15) is 14.4 Å². The summed E-state index contributed by atoms with van der Waals surface area (Å²) < 4.78 is 6.03. The number of benzene rings is 3. The summed E-state index contributed by atoms with van der Waals surface area (Å²) in [7, 11) is 1.51. The van der Waals surface area contributed by atoms with Gasteiger partial charge in [-0.05, 0) is 55.0 Å². The first-order valence-electron chi connectivity index (χ1n) is 9.82. The average molecular weight is 509 g/mol. The first-order valence-corrected chi connectivity index (χ1v) is 10.6. The van der Waals surface area contributed by atoms with Crippen molar-refractivity contribution in [3.63, 3.8) is 0 Å². The first-order chi connectivity index (χ1) is 15.9. The molecule has 9 heteroatoms. The Hall–Kier alpha value is -3.98. The molecular formula is C24H21BrN4O4. The predicted molar refractivity (Wildman–Crippen MR) is 131 cm³/mol. The van der Waals surface area contributed by atoms with Crippen LogP contribution in [0.3, 0.4) is 0 Å². The van der Waals surface area contributed by atoms with E-state index < -0.39 is 17.7 Å². The second-order valence-corrected chi connectivity index (χ2v) is 7.82. The fraction of sp³-hybridized carbons (Fsp3) is 0.0833. The summed E-state index contributed by atoms with van der Waals surface area (Å²) in [6.07, 6.45) is 1.36. The van der Waals surface area contributed by atoms with Gasteiger partial charge < -0.3 is 15.4 Å². The lowest BCUT2D eigenvalue weighted by molar-refractivity contribution is -0.136. The Morgan fingerprint density at radius 3 is 2.48 bits per heavy atom. The van der Waals surface area contributed by atoms with Gasteiger partial charge >= 0.3 is 11.8 Å². The van der Waals surface area contributed by atoms with Crippen molar-refractivity contribution in [2.45, 2.75) is 6.92 Å². The van der Waals surface area contributed by atoms with Crippen LogP contribution in [0.5, 0.6) is 5.75 Å². The molecule has 0 bridgehead atoms. The van der Waals surface area contributed by atoms with E-state index in [1.54, 1.807) is 42.5 Å². The molecule has 0 aliphatic rings. The number of amides is 3. The van der Waals surface area contributed by atoms with Gasteiger partial charge in [0.2, 0.25) is 0 Å². The fourth-order valence-corrected chi connectivity index (χ4v) is 3.29. The van der Waals surface area contributed by atoms with Crippen LogP contribution in [0.25, 0.3) is 0 Å². The summed E-state index contributed by atoms with van der Waals surface area (Å²) >= 11 is 3.35. The number of hydrogen-bond donors (Lipinski definition) is 3. The normalized spacial score (nSPS) is 10.5. The first kappa shape index (κ1) is 23.7. The summed E-state index contributed by atoms with van der Waals surface area (Å²) in [5, 5.41) is 9.04. The minimum Gasteiger partial charge on any atom is -0.496 e. The zero-order valence-electron chi connectivity index (χ0n) is 17.9. The van der Waals surface area contributed by atoms with Crippen LogP contribution in [0.1, 0.15) is 21.5 Å². The summed E-state index contributed by atoms with van der Waals surface area (Å²) in [4.78, 5) is 37.3. The zero-order valence-corrected chi connectivity index (χ0v) is 19.5. The van der Waals surface area contributed by atoms with Gasteiger partial charge in [-0.1, -0.05) is 40.2 Å². The molecule has 0 aromatic heterocycles. The Balaban J connectivity index is 1.66. The highest BCUT2D eigenvalue weighted by Gasteiger charge is 2.18. The molecule has 3 aromatic carbocycles. The molecular weight excluding hydrogens is 488 g/mol. The molecule has 3 aromatic rings. The predicted octanol–water partition coefficient (Wildman–Crippen LogP) is 4.11. The number of rotatable bonds is 6. The van der Waals surface area contributed by atoms with Crippen LogP contribution in [0.15, 0.2) is 76.3 Å². The van der Waals surface area contributed by atoms with E-state index in [4.69, 9.17) is 4.74 Å². The summed E-state index contributed by atoms with van der Waals surface area (Å²) in [5.41, 5.74) is 4.79. The van der Waals surface area contributed by atoms with Crippen LogP contribution >= 0.6 is 15.9 Å². The third-order valence-corrected chi connectivity index (χ3v) is 4.96. The van der Waals surface area contributed by atoms with Gasteiger partial charge in [0.25, 0.3) is 5.91 Å². The largest absolute Gasteiger partial charge is 0.496 e. The van der Waals surface area contributed by atoms with Gasteiger partial charge in [-0.25, -0.2) is 5.43 Å². The number of halogens is 1. The quantitative estimate of drug-likeness (QED) is 0.264. The second-order valence-electron chi connectivity index (χ2n) is 6.91. The summed E-state index contributed by atoms with van der Waals surface area (Å²) in [6.45, 7) is 1.91. The highest BCUT2D eigenvalue weighted by atomic mass is 79.9. The maximum atomic E-state index is 12.7. The van der Waals surface area contributed by atoms with Gasteiger partial charge in [-0.15, -0.1) is 0 Å². The Morgan fingerprint density at radius 1 is 0.939 bits per heavy atom. The van der Waals surface area contributed by atoms with Crippen molar-refractivity contribution < 1.29 is 19.1 Å². The van der Waals surface area contributed by atoms with Crippen molar-refractivity contribution in [1.82, 2.24) is 5.43 Å². The molecule has 0 saturated carbocycles. The molecule has 0 saturated heterocycles. The van der Waals surface area contributed by atoms with Crippen LogP contribution in [-0.4, -0.2) is 31.0 Å². The molecule has 0 aliphatic carbocycles. The fourth-order valence-electron chi connectivity index (χ4n) is 2.91. The third kappa shape index (κ3) is 6.50. The molecule has 0 spiro atoms. The minimum absolute atomic E-state index is 0.195. The molecule has 0 unspecified atom stereocenters. The number of hydrazone groups is 1. The molecule has 0 aliphatic heterocycles. The van der Waals surface area contributed by atoms with Gasteiger partial charge in [0.1, 0.15) is 5.75 Å². The van der Waals surface area contributed by atoms with Gasteiger partial charge in [0.05, 0.1) is 24.6 Å². The third-order valence-electron chi connectivity index (χ3n) is 4.46. The molecule has 0 heterocycles. The number of carbonyl (C=O) groups excluding carboxylic acids is 3. The Morgan fingerprint density at radius 2 is 1.73 bits per heavy atom. The van der Waals surface area contributed by atoms with Gasteiger partial charge in [0, 0.05) is 15.7 Å². The standard InChI is InChI=1S/C24H21BrN4O4/c1-15-6-5-7-18(12-15)27-22(30)19-8-3-4-9-20(19)28-23(31)24(32)29-26-14-16-13-17(25)10-11-21(16)33-2/h3-14H,1-2H3,(H,27,30)(H,28,31)(H,29,32). The monoisotopic (exact) mass is 508 g/mol. The summed E-state index contributed by atoms with van der Waals surface area (Å²) in [5.74, 6) is -1.83. The number of ether oxygens (including phenoxy) is 1. The van der Waals surface area contributed by atoms with E-state index >= 15 is 0 Å².